The Morgan fingerprint density at radius 1 is 0.974 bits per heavy atom. The van der Waals surface area contributed by atoms with Gasteiger partial charge in [0.1, 0.15) is 16.9 Å². The van der Waals surface area contributed by atoms with Gasteiger partial charge in [-0.2, -0.15) is 5.10 Å². The third kappa shape index (κ3) is 4.01. The lowest BCUT2D eigenvalue weighted by molar-refractivity contribution is 0.102. The number of benzene rings is 1. The molecule has 0 bridgehead atoms. The van der Waals surface area contributed by atoms with Crippen LogP contribution in [0, 0.1) is 5.82 Å². The molecule has 1 amide bonds. The van der Waals surface area contributed by atoms with Crippen LogP contribution in [0.2, 0.25) is 0 Å². The number of amides is 1. The normalized spacial score (nSPS) is 11.3. The van der Waals surface area contributed by atoms with Crippen molar-refractivity contribution in [2.45, 2.75) is 0 Å². The maximum Gasteiger partial charge on any atom is 0.255 e. The van der Waals surface area contributed by atoms with Gasteiger partial charge < -0.3 is 10.3 Å². The molecule has 0 aliphatic carbocycles. The molecule has 9 nitrogen and oxygen atoms in total. The summed E-state index contributed by atoms with van der Waals surface area (Å²) in [7, 11) is 0. The first-order valence-corrected chi connectivity index (χ1v) is 12.8. The minimum atomic E-state index is -0.587. The van der Waals surface area contributed by atoms with Gasteiger partial charge in [0.15, 0.2) is 17.3 Å². The van der Waals surface area contributed by atoms with Gasteiger partial charge in [0.2, 0.25) is 0 Å². The van der Waals surface area contributed by atoms with Gasteiger partial charge in [0, 0.05) is 34.0 Å². The first-order chi connectivity index (χ1) is 19.2. The summed E-state index contributed by atoms with van der Waals surface area (Å²) in [5, 5.41) is 12.2. The quantitative estimate of drug-likeness (QED) is 0.247. The van der Waals surface area contributed by atoms with Crippen LogP contribution in [0.1, 0.15) is 10.4 Å². The molecule has 0 spiro atoms. The SMILES string of the molecule is O=C(Nc1cncc(-c2ncc3[nH]nc(-c4nc5c(-c6cccs6)ccnc5[nH]4)c3c2F)c1)c1ccccc1. The number of pyridine rings is 3. The number of nitrogens with zero attached hydrogens (tertiary/aromatic N) is 5. The highest BCUT2D eigenvalue weighted by molar-refractivity contribution is 7.13. The van der Waals surface area contributed by atoms with Gasteiger partial charge in [0.25, 0.3) is 5.91 Å². The van der Waals surface area contributed by atoms with Crippen LogP contribution in [0.3, 0.4) is 0 Å². The monoisotopic (exact) mass is 532 g/mol. The summed E-state index contributed by atoms with van der Waals surface area (Å²) in [6.45, 7) is 0. The fourth-order valence-corrected chi connectivity index (χ4v) is 5.18. The van der Waals surface area contributed by atoms with E-state index in [2.05, 4.69) is 35.5 Å². The molecule has 6 heterocycles. The first kappa shape index (κ1) is 22.9. The van der Waals surface area contributed by atoms with Crippen LogP contribution in [0.25, 0.3) is 55.3 Å². The molecule has 1 aromatic carbocycles. The Morgan fingerprint density at radius 3 is 2.72 bits per heavy atom. The third-order valence-corrected chi connectivity index (χ3v) is 7.15. The van der Waals surface area contributed by atoms with E-state index in [-0.39, 0.29) is 17.0 Å². The molecule has 6 aromatic heterocycles. The molecule has 0 saturated heterocycles. The topological polar surface area (TPSA) is 125 Å². The minimum Gasteiger partial charge on any atom is -0.321 e. The maximum atomic E-state index is 16.1. The predicted octanol–water partition coefficient (Wildman–Crippen LogP) is 6.08. The van der Waals surface area contributed by atoms with Crippen molar-refractivity contribution in [3.63, 3.8) is 0 Å². The van der Waals surface area contributed by atoms with Crippen molar-refractivity contribution in [2.24, 2.45) is 0 Å². The number of hydrogen-bond acceptors (Lipinski definition) is 7. The van der Waals surface area contributed by atoms with Gasteiger partial charge in [-0.15, -0.1) is 11.3 Å². The molecule has 0 unspecified atom stereocenters. The number of H-pyrrole nitrogens is 2. The number of carbonyl (C=O) groups is 1. The zero-order chi connectivity index (χ0) is 26.3. The second-order valence-electron chi connectivity index (χ2n) is 8.68. The van der Waals surface area contributed by atoms with Crippen molar-refractivity contribution in [1.82, 2.24) is 35.1 Å². The van der Waals surface area contributed by atoms with Crippen molar-refractivity contribution in [1.29, 1.82) is 0 Å². The fourth-order valence-electron chi connectivity index (χ4n) is 4.43. The molecule has 0 atom stereocenters. The Labute approximate surface area is 223 Å². The summed E-state index contributed by atoms with van der Waals surface area (Å²) in [5.74, 6) is -0.502. The van der Waals surface area contributed by atoms with E-state index < -0.39 is 5.82 Å². The third-order valence-electron chi connectivity index (χ3n) is 6.25. The molecular weight excluding hydrogens is 515 g/mol. The summed E-state index contributed by atoms with van der Waals surface area (Å²) in [4.78, 5) is 34.5. The molecular formula is C28H17FN8OS. The molecule has 0 saturated carbocycles. The van der Waals surface area contributed by atoms with Crippen LogP contribution in [-0.4, -0.2) is 41.0 Å². The molecule has 0 radical (unpaired) electrons. The lowest BCUT2D eigenvalue weighted by Crippen LogP contribution is -2.11. The second-order valence-corrected chi connectivity index (χ2v) is 9.63. The molecule has 0 aliphatic heterocycles. The number of hydrogen-bond donors (Lipinski definition) is 3. The standard InChI is InChI=1S/C28H17FN8OS/c29-22-21-19(14-32-23(22)16-11-17(13-30-12-16)33-28(38)15-5-2-1-3-6-15)36-37-25(21)27-34-24-18(20-7-4-10-39-20)8-9-31-26(24)35-27/h1-14H,(H,33,38)(H,36,37)(H,31,34,35). The Morgan fingerprint density at radius 2 is 1.87 bits per heavy atom. The average Bonchev–Trinajstić information content (AvgIpc) is 3.73. The first-order valence-electron chi connectivity index (χ1n) is 11.9. The van der Waals surface area contributed by atoms with Crippen LogP contribution in [-0.2, 0) is 0 Å². The van der Waals surface area contributed by atoms with E-state index in [1.54, 1.807) is 47.9 Å². The van der Waals surface area contributed by atoms with Crippen molar-refractivity contribution < 1.29 is 9.18 Å². The minimum absolute atomic E-state index is 0.0713. The Hall–Kier alpha value is -5.29. The number of nitrogens with one attached hydrogen (secondary N) is 3. The van der Waals surface area contributed by atoms with E-state index in [4.69, 9.17) is 4.98 Å². The Kier molecular flexibility index (Phi) is 5.41. The van der Waals surface area contributed by atoms with Gasteiger partial charge in [-0.3, -0.25) is 19.9 Å². The average molecular weight is 533 g/mol. The predicted molar refractivity (Wildman–Crippen MR) is 148 cm³/mol. The van der Waals surface area contributed by atoms with Crippen molar-refractivity contribution in [3.05, 3.63) is 96.1 Å². The summed E-state index contributed by atoms with van der Waals surface area (Å²) in [5.41, 5.74) is 4.29. The molecule has 0 aliphatic rings. The van der Waals surface area contributed by atoms with Gasteiger partial charge >= 0.3 is 0 Å². The lowest BCUT2D eigenvalue weighted by Gasteiger charge is -2.08. The van der Waals surface area contributed by atoms with E-state index in [0.717, 1.165) is 10.4 Å². The number of aromatic nitrogens is 7. The van der Waals surface area contributed by atoms with Crippen LogP contribution >= 0.6 is 11.3 Å². The van der Waals surface area contributed by atoms with Crippen molar-refractivity contribution >= 4 is 45.0 Å². The largest absolute Gasteiger partial charge is 0.321 e. The number of fused-ring (bicyclic) bond motifs is 2. The lowest BCUT2D eigenvalue weighted by atomic mass is 10.1. The number of halogens is 1. The Bertz CT molecular complexity index is 1980. The van der Waals surface area contributed by atoms with Crippen LogP contribution in [0.5, 0.6) is 0 Å². The molecule has 39 heavy (non-hydrogen) atoms. The molecule has 11 heteroatoms. The molecule has 188 valence electrons. The van der Waals surface area contributed by atoms with Gasteiger partial charge in [0.05, 0.1) is 29.0 Å². The van der Waals surface area contributed by atoms with Gasteiger partial charge in [-0.1, -0.05) is 24.3 Å². The number of thiophene rings is 1. The summed E-state index contributed by atoms with van der Waals surface area (Å²) in [6.07, 6.45) is 6.21. The molecule has 7 rings (SSSR count). The highest BCUT2D eigenvalue weighted by Gasteiger charge is 2.22. The smallest absolute Gasteiger partial charge is 0.255 e. The van der Waals surface area contributed by atoms with E-state index in [0.29, 0.717) is 45.0 Å². The van der Waals surface area contributed by atoms with Gasteiger partial charge in [-0.25, -0.2) is 14.4 Å². The molecule has 3 N–H and O–H groups in total. The van der Waals surface area contributed by atoms with Crippen LogP contribution in [0.4, 0.5) is 10.1 Å². The molecule has 0 fully saturated rings. The number of rotatable bonds is 5. The number of anilines is 1. The van der Waals surface area contributed by atoms with Gasteiger partial charge in [-0.05, 0) is 35.7 Å². The van der Waals surface area contributed by atoms with E-state index in [1.165, 1.54) is 18.6 Å². The second kappa shape index (κ2) is 9.23. The highest BCUT2D eigenvalue weighted by atomic mass is 32.1. The van der Waals surface area contributed by atoms with Crippen LogP contribution in [0.15, 0.2) is 84.8 Å². The fraction of sp³-hybridized carbons (Fsp3) is 0. The number of aromatic amines is 2. The summed E-state index contributed by atoms with van der Waals surface area (Å²) < 4.78 is 16.1. The molecule has 7 aromatic rings. The van der Waals surface area contributed by atoms with E-state index >= 15 is 4.39 Å². The maximum absolute atomic E-state index is 16.1. The highest BCUT2D eigenvalue weighted by Crippen LogP contribution is 2.35. The van der Waals surface area contributed by atoms with Crippen LogP contribution < -0.4 is 5.32 Å². The summed E-state index contributed by atoms with van der Waals surface area (Å²) in [6, 6.07) is 16.3. The zero-order valence-electron chi connectivity index (χ0n) is 20.0. The van der Waals surface area contributed by atoms with Crippen molar-refractivity contribution in [3.8, 4) is 33.2 Å². The summed E-state index contributed by atoms with van der Waals surface area (Å²) >= 11 is 1.60. The van der Waals surface area contributed by atoms with E-state index in [9.17, 15) is 4.79 Å². The van der Waals surface area contributed by atoms with E-state index in [1.807, 2.05) is 29.6 Å². The van der Waals surface area contributed by atoms with Crippen molar-refractivity contribution in [2.75, 3.05) is 5.32 Å². The zero-order valence-corrected chi connectivity index (χ0v) is 20.8. The number of imidazole rings is 1. The Balaban J connectivity index is 1.29. The number of carbonyl (C=O) groups excluding carboxylic acids is 1.